The lowest BCUT2D eigenvalue weighted by molar-refractivity contribution is 0.386. The zero-order valence-corrected chi connectivity index (χ0v) is 20.8. The van der Waals surface area contributed by atoms with E-state index in [-0.39, 0.29) is 0 Å². The van der Waals surface area contributed by atoms with E-state index >= 15 is 0 Å². The average Bonchev–Trinajstić information content (AvgIpc) is 2.73. The van der Waals surface area contributed by atoms with E-state index < -0.39 is 5.24 Å². The molecule has 0 radical (unpaired) electrons. The Kier molecular flexibility index (Phi) is 20.4. The number of benzene rings is 1. The van der Waals surface area contributed by atoms with Crippen LogP contribution in [0.15, 0.2) is 24.3 Å². The molecule has 0 aliphatic carbocycles. The molecule has 0 heterocycles. The molecule has 0 saturated heterocycles. The zero-order chi connectivity index (χ0) is 22.5. The minimum atomic E-state index is -1.000. The third-order valence-corrected chi connectivity index (χ3v) is 5.91. The molecule has 3 heteroatoms. The van der Waals surface area contributed by atoms with Crippen LogP contribution in [0.2, 0.25) is 0 Å². The minimum Gasteiger partial charge on any atom is -0.473 e. The maximum absolute atomic E-state index is 7.34. The van der Waals surface area contributed by atoms with Gasteiger partial charge in [-0.3, -0.25) is 0 Å². The van der Waals surface area contributed by atoms with Crippen molar-refractivity contribution in [3.8, 4) is 0 Å². The van der Waals surface area contributed by atoms with E-state index in [0.29, 0.717) is 0 Å². The van der Waals surface area contributed by atoms with Crippen molar-refractivity contribution in [3.63, 3.8) is 0 Å². The number of rotatable bonds is 17. The van der Waals surface area contributed by atoms with Gasteiger partial charge in [0.1, 0.15) is 0 Å². The number of hydrogen-bond donors (Lipinski definition) is 2. The van der Waals surface area contributed by atoms with E-state index in [1.165, 1.54) is 108 Å². The van der Waals surface area contributed by atoms with Crippen LogP contribution in [-0.4, -0.2) is 15.4 Å². The second-order valence-electron chi connectivity index (χ2n) is 8.65. The lowest BCUT2D eigenvalue weighted by Crippen LogP contribution is -2.03. The molecule has 1 atom stereocenters. The first-order valence-corrected chi connectivity index (χ1v) is 12.9. The third-order valence-electron chi connectivity index (χ3n) is 5.91. The molecule has 2 nitrogen and oxygen atoms in total. The fourth-order valence-corrected chi connectivity index (χ4v) is 3.94. The molecule has 30 heavy (non-hydrogen) atoms. The van der Waals surface area contributed by atoms with Crippen LogP contribution in [0.4, 0.5) is 0 Å². The molecule has 0 fully saturated rings. The number of thiocarbonyl (C=S) groups is 1. The minimum absolute atomic E-state index is 0.878. The standard InChI is InChI=1S/C26H46.CH2O2S/c1-4-7-9-10-11-12-13-14-15-16-18-25-19-21-26(22-20-25)23-24(6-3)17-8-5-2;2-1(3)4/h19-22,24H,4-18,23H2,1-3H3;(H2,2,3,4). The fourth-order valence-electron chi connectivity index (χ4n) is 3.94. The van der Waals surface area contributed by atoms with Crippen molar-refractivity contribution in [3.05, 3.63) is 35.4 Å². The average molecular weight is 437 g/mol. The number of aliphatic hydroxyl groups is 2. The molecule has 1 rings (SSSR count). The predicted octanol–water partition coefficient (Wildman–Crippen LogP) is 9.30. The van der Waals surface area contributed by atoms with Crippen molar-refractivity contribution in [1.29, 1.82) is 0 Å². The highest BCUT2D eigenvalue weighted by molar-refractivity contribution is 7.79. The molecule has 0 bridgehead atoms. The van der Waals surface area contributed by atoms with Gasteiger partial charge in [-0.2, -0.15) is 0 Å². The third kappa shape index (κ3) is 18.9. The summed E-state index contributed by atoms with van der Waals surface area (Å²) < 4.78 is 0. The maximum Gasteiger partial charge on any atom is 0.347 e. The highest BCUT2D eigenvalue weighted by atomic mass is 32.1. The van der Waals surface area contributed by atoms with E-state index in [1.807, 2.05) is 0 Å². The largest absolute Gasteiger partial charge is 0.473 e. The number of unbranched alkanes of at least 4 members (excludes halogenated alkanes) is 10. The van der Waals surface area contributed by atoms with Gasteiger partial charge in [0, 0.05) is 12.2 Å². The molecule has 174 valence electrons. The Bertz CT molecular complexity index is 494. The smallest absolute Gasteiger partial charge is 0.347 e. The molecule has 1 unspecified atom stereocenters. The number of aliphatic hydroxyl groups excluding tert-OH is 1. The van der Waals surface area contributed by atoms with Crippen LogP contribution in [-0.2, 0) is 12.8 Å². The summed E-state index contributed by atoms with van der Waals surface area (Å²) in [5.74, 6) is 0.878. The molecule has 0 aliphatic heterocycles. The second-order valence-corrected chi connectivity index (χ2v) is 9.02. The Labute approximate surface area is 192 Å². The lowest BCUT2D eigenvalue weighted by Gasteiger charge is -2.14. The Morgan fingerprint density at radius 2 is 1.13 bits per heavy atom. The van der Waals surface area contributed by atoms with E-state index in [4.69, 9.17) is 10.2 Å². The van der Waals surface area contributed by atoms with Crippen LogP contribution in [0, 0.1) is 5.92 Å². The molecule has 1 aromatic rings. The molecule has 0 aliphatic rings. The van der Waals surface area contributed by atoms with Crippen molar-refractivity contribution >= 4 is 17.5 Å². The second kappa shape index (κ2) is 21.2. The van der Waals surface area contributed by atoms with Crippen molar-refractivity contribution in [2.24, 2.45) is 5.92 Å². The summed E-state index contributed by atoms with van der Waals surface area (Å²) >= 11 is 3.65. The van der Waals surface area contributed by atoms with Gasteiger partial charge in [0.2, 0.25) is 0 Å². The Morgan fingerprint density at radius 1 is 0.700 bits per heavy atom. The molecule has 0 aromatic heterocycles. The van der Waals surface area contributed by atoms with Gasteiger partial charge in [0.15, 0.2) is 0 Å². The summed E-state index contributed by atoms with van der Waals surface area (Å²) in [6, 6.07) is 9.55. The van der Waals surface area contributed by atoms with Crippen LogP contribution in [0.3, 0.4) is 0 Å². The van der Waals surface area contributed by atoms with Gasteiger partial charge >= 0.3 is 5.24 Å². The van der Waals surface area contributed by atoms with E-state index in [2.05, 4.69) is 57.3 Å². The fraction of sp³-hybridized carbons (Fsp3) is 0.741. The van der Waals surface area contributed by atoms with Crippen LogP contribution in [0.25, 0.3) is 0 Å². The number of aryl methyl sites for hydroxylation is 1. The van der Waals surface area contributed by atoms with Crippen molar-refractivity contribution in [2.75, 3.05) is 0 Å². The summed E-state index contributed by atoms with van der Waals surface area (Å²) in [6.07, 6.45) is 22.2. The summed E-state index contributed by atoms with van der Waals surface area (Å²) in [7, 11) is 0. The van der Waals surface area contributed by atoms with E-state index in [9.17, 15) is 0 Å². The van der Waals surface area contributed by atoms with Gasteiger partial charge in [-0.05, 0) is 36.3 Å². The van der Waals surface area contributed by atoms with Crippen LogP contribution < -0.4 is 0 Å². The molecular weight excluding hydrogens is 388 g/mol. The molecular formula is C27H48O2S. The van der Waals surface area contributed by atoms with Crippen LogP contribution in [0.1, 0.15) is 122 Å². The van der Waals surface area contributed by atoms with E-state index in [0.717, 1.165) is 5.92 Å². The van der Waals surface area contributed by atoms with Gasteiger partial charge in [-0.1, -0.05) is 129 Å². The summed E-state index contributed by atoms with van der Waals surface area (Å²) in [6.45, 7) is 6.94. The maximum atomic E-state index is 7.34. The monoisotopic (exact) mass is 436 g/mol. The van der Waals surface area contributed by atoms with Gasteiger partial charge in [0.25, 0.3) is 0 Å². The van der Waals surface area contributed by atoms with Gasteiger partial charge in [0.05, 0.1) is 0 Å². The van der Waals surface area contributed by atoms with Crippen LogP contribution in [0.5, 0.6) is 0 Å². The molecule has 1 aromatic carbocycles. The first-order chi connectivity index (χ1) is 14.5. The first kappa shape index (κ1) is 28.9. The highest BCUT2D eigenvalue weighted by Crippen LogP contribution is 2.19. The van der Waals surface area contributed by atoms with Gasteiger partial charge in [-0.25, -0.2) is 0 Å². The van der Waals surface area contributed by atoms with E-state index in [1.54, 1.807) is 5.56 Å². The first-order valence-electron chi connectivity index (χ1n) is 12.5. The van der Waals surface area contributed by atoms with Gasteiger partial charge < -0.3 is 10.2 Å². The lowest BCUT2D eigenvalue weighted by atomic mass is 9.91. The Morgan fingerprint density at radius 3 is 1.60 bits per heavy atom. The molecule has 0 amide bonds. The topological polar surface area (TPSA) is 40.5 Å². The van der Waals surface area contributed by atoms with Gasteiger partial charge in [-0.15, -0.1) is 0 Å². The Balaban J connectivity index is 0.00000192. The molecule has 0 saturated carbocycles. The van der Waals surface area contributed by atoms with Crippen LogP contribution >= 0.6 is 12.2 Å². The zero-order valence-electron chi connectivity index (χ0n) is 20.0. The normalized spacial score (nSPS) is 11.6. The summed E-state index contributed by atoms with van der Waals surface area (Å²) in [4.78, 5) is 0. The van der Waals surface area contributed by atoms with Crippen molar-refractivity contribution in [1.82, 2.24) is 0 Å². The SMILES string of the molecule is CCCCCCCCCCCCc1ccc(CC(CC)CCCC)cc1.OC(O)=S. The highest BCUT2D eigenvalue weighted by Gasteiger charge is 2.07. The molecule has 2 N–H and O–H groups in total. The van der Waals surface area contributed by atoms with Crippen molar-refractivity contribution in [2.45, 2.75) is 124 Å². The Hall–Kier alpha value is -1.09. The quantitative estimate of drug-likeness (QED) is 0.189. The molecule has 0 spiro atoms. The predicted molar refractivity (Wildman–Crippen MR) is 137 cm³/mol. The number of hydrogen-bond acceptors (Lipinski definition) is 1. The van der Waals surface area contributed by atoms with Crippen molar-refractivity contribution < 1.29 is 10.2 Å². The summed E-state index contributed by atoms with van der Waals surface area (Å²) in [5, 5.41) is 13.7. The summed E-state index contributed by atoms with van der Waals surface area (Å²) in [5.41, 5.74) is 3.08.